The molecule has 3 heteroatoms. The maximum atomic E-state index is 10.6. The van der Waals surface area contributed by atoms with Crippen LogP contribution in [0.5, 0.6) is 0 Å². The summed E-state index contributed by atoms with van der Waals surface area (Å²) in [7, 11) is 0. The van der Waals surface area contributed by atoms with E-state index in [1.165, 1.54) is 13.8 Å². The van der Waals surface area contributed by atoms with Gasteiger partial charge in [0.25, 0.3) is 0 Å². The summed E-state index contributed by atoms with van der Waals surface area (Å²) in [5, 5.41) is 8.84. The van der Waals surface area contributed by atoms with Crippen molar-refractivity contribution >= 4 is 5.97 Å². The summed E-state index contributed by atoms with van der Waals surface area (Å²) in [6, 6.07) is 0. The topological polar surface area (TPSA) is 46.5 Å². The fourth-order valence-corrected chi connectivity index (χ4v) is 0.287. The molecule has 0 rings (SSSR count). The molecule has 57 valence electrons. The van der Waals surface area contributed by atoms with Crippen LogP contribution in [0.4, 0.5) is 0 Å². The summed E-state index contributed by atoms with van der Waals surface area (Å²) in [6.45, 7) is 9.26. The van der Waals surface area contributed by atoms with Gasteiger partial charge in [0.05, 0.1) is 0 Å². The molecule has 0 fully saturated rings. The third kappa shape index (κ3) is 4.09. The zero-order chi connectivity index (χ0) is 8.36. The van der Waals surface area contributed by atoms with Crippen LogP contribution in [-0.4, -0.2) is 16.9 Å². The zero-order valence-electron chi connectivity index (χ0n) is 6.18. The molecule has 0 aromatic rings. The molecule has 1 atom stereocenters. The lowest BCUT2D eigenvalue weighted by Gasteiger charge is -2.17. The first-order chi connectivity index (χ1) is 4.33. The van der Waals surface area contributed by atoms with Crippen LogP contribution < -0.4 is 0 Å². The Labute approximate surface area is 60.3 Å². The summed E-state index contributed by atoms with van der Waals surface area (Å²) >= 11 is 0. The molecule has 0 amide bonds. The fraction of sp³-hybridized carbons (Fsp3) is 0.429. The fourth-order valence-electron chi connectivity index (χ4n) is 0.287. The Morgan fingerprint density at radius 3 is 2.20 bits per heavy atom. The molecule has 10 heavy (non-hydrogen) atoms. The van der Waals surface area contributed by atoms with Crippen molar-refractivity contribution in [2.24, 2.45) is 0 Å². The van der Waals surface area contributed by atoms with Crippen molar-refractivity contribution < 1.29 is 14.6 Å². The van der Waals surface area contributed by atoms with E-state index in [-0.39, 0.29) is 5.57 Å². The van der Waals surface area contributed by atoms with Crippen LogP contribution in [0.2, 0.25) is 0 Å². The van der Waals surface area contributed by atoms with E-state index in [0.29, 0.717) is 0 Å². The first-order valence-electron chi connectivity index (χ1n) is 2.79. The molecule has 0 spiro atoms. The van der Waals surface area contributed by atoms with E-state index in [0.717, 1.165) is 0 Å². The lowest BCUT2D eigenvalue weighted by molar-refractivity contribution is -0.180. The number of hydrogen-bond acceptors (Lipinski definition) is 3. The molecule has 1 N–H and O–H groups in total. The van der Waals surface area contributed by atoms with Crippen LogP contribution in [0.3, 0.4) is 0 Å². The van der Waals surface area contributed by atoms with Gasteiger partial charge in [0.15, 0.2) is 0 Å². The van der Waals surface area contributed by atoms with Crippen LogP contribution in [0, 0.1) is 6.92 Å². The molecule has 0 aromatic heterocycles. The van der Waals surface area contributed by atoms with Crippen LogP contribution in [0.25, 0.3) is 0 Å². The highest BCUT2D eigenvalue weighted by molar-refractivity contribution is 5.87. The third-order valence-electron chi connectivity index (χ3n) is 0.661. The summed E-state index contributed by atoms with van der Waals surface area (Å²) < 4.78 is 4.41. The summed E-state index contributed by atoms with van der Waals surface area (Å²) in [6.07, 6.45) is 0. The van der Waals surface area contributed by atoms with E-state index in [1.807, 2.05) is 0 Å². The minimum Gasteiger partial charge on any atom is -0.430 e. The number of esters is 1. The number of carbonyl (C=O) groups is 1. The zero-order valence-corrected chi connectivity index (χ0v) is 6.18. The molecule has 0 heterocycles. The highest BCUT2D eigenvalue weighted by Crippen LogP contribution is 2.05. The van der Waals surface area contributed by atoms with Crippen molar-refractivity contribution in [3.63, 3.8) is 0 Å². The van der Waals surface area contributed by atoms with Crippen molar-refractivity contribution in [3.05, 3.63) is 19.1 Å². The molecule has 0 aliphatic carbocycles. The Morgan fingerprint density at radius 1 is 1.70 bits per heavy atom. The number of rotatable bonds is 2. The van der Waals surface area contributed by atoms with Crippen molar-refractivity contribution in [2.45, 2.75) is 19.6 Å². The monoisotopic (exact) mass is 143 g/mol. The highest BCUT2D eigenvalue weighted by atomic mass is 16.7. The largest absolute Gasteiger partial charge is 0.430 e. The van der Waals surface area contributed by atoms with Crippen LogP contribution >= 0.6 is 0 Å². The number of aliphatic hydroxyl groups is 1. The molecular weight excluding hydrogens is 132 g/mol. The van der Waals surface area contributed by atoms with E-state index in [9.17, 15) is 4.79 Å². The average Bonchev–Trinajstić information content (AvgIpc) is 1.60. The maximum absolute atomic E-state index is 10.6. The van der Waals surface area contributed by atoms with Crippen LogP contribution in [0.1, 0.15) is 13.8 Å². The first kappa shape index (κ1) is 9.17. The molecule has 1 unspecified atom stereocenters. The van der Waals surface area contributed by atoms with Gasteiger partial charge in [-0.1, -0.05) is 6.58 Å². The second-order valence-corrected chi connectivity index (χ2v) is 2.34. The Hall–Kier alpha value is -0.830. The van der Waals surface area contributed by atoms with Crippen LogP contribution in [-0.2, 0) is 9.53 Å². The summed E-state index contributed by atoms with van der Waals surface area (Å²) in [5.41, 5.74) is 0.240. The van der Waals surface area contributed by atoms with E-state index >= 15 is 0 Å². The maximum Gasteiger partial charge on any atom is 0.335 e. The van der Waals surface area contributed by atoms with Crippen LogP contribution in [0.15, 0.2) is 12.2 Å². The highest BCUT2D eigenvalue weighted by Gasteiger charge is 2.18. The molecule has 0 saturated carbocycles. The SMILES string of the molecule is [CH2]C(C)(O)OC(=O)C(=C)C. The second kappa shape index (κ2) is 2.84. The minimum atomic E-state index is -1.66. The normalized spacial score (nSPS) is 10.8. The number of hydrogen-bond donors (Lipinski definition) is 1. The van der Waals surface area contributed by atoms with E-state index in [2.05, 4.69) is 18.2 Å². The van der Waals surface area contributed by atoms with Gasteiger partial charge in [-0.05, 0) is 6.92 Å². The Morgan fingerprint density at radius 2 is 2.10 bits per heavy atom. The molecule has 0 bridgehead atoms. The Bertz CT molecular complexity index is 153. The van der Waals surface area contributed by atoms with Gasteiger partial charge < -0.3 is 9.84 Å². The molecular formula is C7H11O3. The molecule has 1 radical (unpaired) electrons. The van der Waals surface area contributed by atoms with Gasteiger partial charge >= 0.3 is 5.97 Å². The lowest BCUT2D eigenvalue weighted by atomic mass is 10.3. The van der Waals surface area contributed by atoms with Gasteiger partial charge in [0.2, 0.25) is 5.79 Å². The van der Waals surface area contributed by atoms with Crippen molar-refractivity contribution in [3.8, 4) is 0 Å². The molecule has 0 aromatic carbocycles. The van der Waals surface area contributed by atoms with Gasteiger partial charge in [-0.3, -0.25) is 0 Å². The molecule has 0 aliphatic rings. The molecule has 0 saturated heterocycles. The lowest BCUT2D eigenvalue weighted by Crippen LogP contribution is -2.27. The van der Waals surface area contributed by atoms with E-state index in [4.69, 9.17) is 5.11 Å². The Balaban J connectivity index is 3.93. The van der Waals surface area contributed by atoms with E-state index in [1.54, 1.807) is 0 Å². The van der Waals surface area contributed by atoms with Gasteiger partial charge in [-0.25, -0.2) is 4.79 Å². The standard InChI is InChI=1S/C7H11O3/c1-5(2)6(8)10-7(3,4)9/h9H,1,3H2,2,4H3. The van der Waals surface area contributed by atoms with Gasteiger partial charge in [-0.15, -0.1) is 0 Å². The predicted molar refractivity (Wildman–Crippen MR) is 36.9 cm³/mol. The Kier molecular flexibility index (Phi) is 2.60. The molecule has 3 nitrogen and oxygen atoms in total. The first-order valence-corrected chi connectivity index (χ1v) is 2.79. The average molecular weight is 143 g/mol. The third-order valence-corrected chi connectivity index (χ3v) is 0.661. The number of ether oxygens (including phenoxy) is 1. The number of carbonyl (C=O) groups excluding carboxylic acids is 1. The quantitative estimate of drug-likeness (QED) is 0.350. The minimum absolute atomic E-state index is 0.240. The van der Waals surface area contributed by atoms with E-state index < -0.39 is 11.8 Å². The smallest absolute Gasteiger partial charge is 0.335 e. The second-order valence-electron chi connectivity index (χ2n) is 2.34. The van der Waals surface area contributed by atoms with Gasteiger partial charge in [0.1, 0.15) is 0 Å². The van der Waals surface area contributed by atoms with Crippen molar-refractivity contribution in [2.75, 3.05) is 0 Å². The summed E-state index contributed by atoms with van der Waals surface area (Å²) in [4.78, 5) is 10.6. The summed E-state index contributed by atoms with van der Waals surface area (Å²) in [5.74, 6) is -2.30. The van der Waals surface area contributed by atoms with Gasteiger partial charge in [-0.2, -0.15) is 0 Å². The van der Waals surface area contributed by atoms with Gasteiger partial charge in [0, 0.05) is 19.4 Å². The predicted octanol–water partition coefficient (Wildman–Crippen LogP) is 0.648. The molecule has 0 aliphatic heterocycles. The van der Waals surface area contributed by atoms with Crippen molar-refractivity contribution in [1.29, 1.82) is 0 Å². The van der Waals surface area contributed by atoms with Crippen molar-refractivity contribution in [1.82, 2.24) is 0 Å².